The minimum absolute atomic E-state index is 0.0957. The number of nitro groups is 1. The number of hydrogen-bond acceptors (Lipinski definition) is 6. The first kappa shape index (κ1) is 16.8. The van der Waals surface area contributed by atoms with E-state index in [1.165, 1.54) is 18.2 Å². The van der Waals surface area contributed by atoms with E-state index in [9.17, 15) is 14.9 Å². The highest BCUT2D eigenvalue weighted by Gasteiger charge is 2.12. The normalized spacial score (nSPS) is 10.9. The predicted molar refractivity (Wildman–Crippen MR) is 78.1 cm³/mol. The van der Waals surface area contributed by atoms with Crippen LogP contribution < -0.4 is 5.32 Å². The molecular formula is C13H15ClN2O5. The molecule has 8 heteroatoms. The molecule has 1 rings (SSSR count). The minimum Gasteiger partial charge on any atom is -0.479 e. The third-order valence-corrected chi connectivity index (χ3v) is 2.58. The molecule has 0 saturated carbocycles. The lowest BCUT2D eigenvalue weighted by atomic mass is 10.3. The fraction of sp³-hybridized carbons (Fsp3) is 0.308. The topological polar surface area (TPSA) is 90.7 Å². The lowest BCUT2D eigenvalue weighted by Crippen LogP contribution is -2.09. The number of nitro benzene ring substituents is 1. The van der Waals surface area contributed by atoms with Gasteiger partial charge in [-0.05, 0) is 19.9 Å². The Morgan fingerprint density at radius 1 is 1.38 bits per heavy atom. The van der Waals surface area contributed by atoms with Crippen molar-refractivity contribution in [2.24, 2.45) is 0 Å². The Bertz CT molecular complexity index is 559. The highest BCUT2D eigenvalue weighted by Crippen LogP contribution is 2.27. The molecule has 0 bridgehead atoms. The Hall–Kier alpha value is -2.28. The van der Waals surface area contributed by atoms with E-state index in [2.05, 4.69) is 5.32 Å². The van der Waals surface area contributed by atoms with Gasteiger partial charge in [0.25, 0.3) is 5.69 Å². The minimum atomic E-state index is -0.588. The summed E-state index contributed by atoms with van der Waals surface area (Å²) in [6.07, 6.45) is 1.11. The molecule has 0 saturated heterocycles. The average molecular weight is 315 g/mol. The van der Waals surface area contributed by atoms with Crippen LogP contribution in [-0.4, -0.2) is 24.1 Å². The van der Waals surface area contributed by atoms with Gasteiger partial charge in [-0.3, -0.25) is 10.1 Å². The Kier molecular flexibility index (Phi) is 6.48. The van der Waals surface area contributed by atoms with Crippen molar-refractivity contribution in [3.8, 4) is 0 Å². The number of nitrogens with zero attached hydrogens (tertiary/aromatic N) is 1. The molecule has 114 valence electrons. The number of anilines is 1. The van der Waals surface area contributed by atoms with Crippen LogP contribution in [-0.2, 0) is 14.3 Å². The molecule has 1 aromatic rings. The van der Waals surface area contributed by atoms with Gasteiger partial charge in [0.1, 0.15) is 0 Å². The quantitative estimate of drug-likeness (QED) is 0.273. The standard InChI is InChI=1S/C13H15ClN2O5/c1-3-20-12(8-13(17)21-4-2)15-11-7-9(16(18)19)5-6-10(11)14/h5-8,15H,3-4H2,1-2H3/b12-8+. The molecule has 0 aliphatic heterocycles. The van der Waals surface area contributed by atoms with Crippen LogP contribution in [0.5, 0.6) is 0 Å². The number of benzene rings is 1. The molecule has 0 radical (unpaired) electrons. The van der Waals surface area contributed by atoms with Crippen molar-refractivity contribution < 1.29 is 19.2 Å². The second kappa shape index (κ2) is 8.11. The number of carbonyl (C=O) groups excluding carboxylic acids is 1. The zero-order valence-corrected chi connectivity index (χ0v) is 12.3. The predicted octanol–water partition coefficient (Wildman–Crippen LogP) is 3.10. The molecule has 0 unspecified atom stereocenters. The van der Waals surface area contributed by atoms with Gasteiger partial charge < -0.3 is 14.8 Å². The number of halogens is 1. The molecule has 0 heterocycles. The monoisotopic (exact) mass is 314 g/mol. The van der Waals surface area contributed by atoms with Crippen LogP contribution in [0.1, 0.15) is 13.8 Å². The van der Waals surface area contributed by atoms with Crippen LogP contribution in [0.3, 0.4) is 0 Å². The number of nitrogens with one attached hydrogen (secondary N) is 1. The zero-order chi connectivity index (χ0) is 15.8. The van der Waals surface area contributed by atoms with Crippen LogP contribution in [0.2, 0.25) is 5.02 Å². The van der Waals surface area contributed by atoms with Gasteiger partial charge in [0.05, 0.1) is 34.9 Å². The summed E-state index contributed by atoms with van der Waals surface area (Å²) in [5.74, 6) is -0.492. The number of hydrogen-bond donors (Lipinski definition) is 1. The third-order valence-electron chi connectivity index (χ3n) is 2.25. The van der Waals surface area contributed by atoms with E-state index in [1.807, 2.05) is 0 Å². The Morgan fingerprint density at radius 3 is 2.62 bits per heavy atom. The average Bonchev–Trinajstić information content (AvgIpc) is 2.41. The van der Waals surface area contributed by atoms with Gasteiger partial charge in [0, 0.05) is 12.1 Å². The molecule has 0 amide bonds. The maximum absolute atomic E-state index is 11.4. The maximum Gasteiger partial charge on any atom is 0.336 e. The summed E-state index contributed by atoms with van der Waals surface area (Å²) in [4.78, 5) is 21.6. The highest BCUT2D eigenvalue weighted by molar-refractivity contribution is 6.33. The van der Waals surface area contributed by atoms with Gasteiger partial charge in [0.15, 0.2) is 5.88 Å². The fourth-order valence-electron chi connectivity index (χ4n) is 1.42. The summed E-state index contributed by atoms with van der Waals surface area (Å²) in [6, 6.07) is 3.92. The molecule has 0 aliphatic carbocycles. The van der Waals surface area contributed by atoms with E-state index < -0.39 is 10.9 Å². The summed E-state index contributed by atoms with van der Waals surface area (Å²) >= 11 is 5.96. The molecule has 0 aromatic heterocycles. The van der Waals surface area contributed by atoms with E-state index in [1.54, 1.807) is 13.8 Å². The van der Waals surface area contributed by atoms with Crippen molar-refractivity contribution in [1.29, 1.82) is 0 Å². The largest absolute Gasteiger partial charge is 0.479 e. The second-order valence-electron chi connectivity index (χ2n) is 3.74. The van der Waals surface area contributed by atoms with Crippen molar-refractivity contribution in [3.63, 3.8) is 0 Å². The second-order valence-corrected chi connectivity index (χ2v) is 4.15. The molecule has 7 nitrogen and oxygen atoms in total. The van der Waals surface area contributed by atoms with E-state index in [-0.39, 0.29) is 28.9 Å². The lowest BCUT2D eigenvalue weighted by Gasteiger charge is -2.12. The Morgan fingerprint density at radius 2 is 2.05 bits per heavy atom. The van der Waals surface area contributed by atoms with Gasteiger partial charge >= 0.3 is 5.97 Å². The van der Waals surface area contributed by atoms with Gasteiger partial charge in [-0.1, -0.05) is 11.6 Å². The van der Waals surface area contributed by atoms with E-state index in [0.717, 1.165) is 6.08 Å². The van der Waals surface area contributed by atoms with Crippen LogP contribution in [0, 0.1) is 10.1 Å². The van der Waals surface area contributed by atoms with Crippen molar-refractivity contribution >= 4 is 28.9 Å². The number of carbonyl (C=O) groups is 1. The van der Waals surface area contributed by atoms with Gasteiger partial charge in [-0.2, -0.15) is 0 Å². The Balaban J connectivity index is 3.00. The molecule has 0 aliphatic rings. The lowest BCUT2D eigenvalue weighted by molar-refractivity contribution is -0.384. The highest BCUT2D eigenvalue weighted by atomic mass is 35.5. The SMILES string of the molecule is CCOC(=O)/C=C(\Nc1cc([N+](=O)[O-])ccc1Cl)OCC. The molecular weight excluding hydrogens is 300 g/mol. The van der Waals surface area contributed by atoms with Crippen molar-refractivity contribution in [2.75, 3.05) is 18.5 Å². The van der Waals surface area contributed by atoms with Crippen molar-refractivity contribution in [2.45, 2.75) is 13.8 Å². The van der Waals surface area contributed by atoms with Crippen LogP contribution in [0.4, 0.5) is 11.4 Å². The molecule has 1 N–H and O–H groups in total. The number of rotatable bonds is 7. The van der Waals surface area contributed by atoms with E-state index >= 15 is 0 Å². The summed E-state index contributed by atoms with van der Waals surface area (Å²) in [5.41, 5.74) is 0.128. The van der Waals surface area contributed by atoms with Gasteiger partial charge in [-0.15, -0.1) is 0 Å². The number of ether oxygens (including phenoxy) is 2. The van der Waals surface area contributed by atoms with E-state index in [4.69, 9.17) is 21.1 Å². The van der Waals surface area contributed by atoms with Crippen molar-refractivity contribution in [1.82, 2.24) is 0 Å². The number of esters is 1. The first-order valence-corrected chi connectivity index (χ1v) is 6.58. The summed E-state index contributed by atoms with van der Waals surface area (Å²) in [6.45, 7) is 3.93. The summed E-state index contributed by atoms with van der Waals surface area (Å²) in [7, 11) is 0. The molecule has 1 aromatic carbocycles. The first-order valence-electron chi connectivity index (χ1n) is 6.20. The summed E-state index contributed by atoms with van der Waals surface area (Å²) < 4.78 is 10.0. The van der Waals surface area contributed by atoms with Crippen LogP contribution in [0.25, 0.3) is 0 Å². The smallest absolute Gasteiger partial charge is 0.336 e. The summed E-state index contributed by atoms with van der Waals surface area (Å²) in [5, 5.41) is 13.7. The molecule has 21 heavy (non-hydrogen) atoms. The van der Waals surface area contributed by atoms with Crippen LogP contribution in [0.15, 0.2) is 30.2 Å². The Labute approximate surface area is 126 Å². The number of non-ortho nitro benzene ring substituents is 1. The van der Waals surface area contributed by atoms with E-state index in [0.29, 0.717) is 6.61 Å². The first-order chi connectivity index (χ1) is 9.97. The molecule has 0 atom stereocenters. The van der Waals surface area contributed by atoms with Crippen molar-refractivity contribution in [3.05, 3.63) is 45.3 Å². The maximum atomic E-state index is 11.4. The third kappa shape index (κ3) is 5.31. The van der Waals surface area contributed by atoms with Gasteiger partial charge in [-0.25, -0.2) is 4.79 Å². The van der Waals surface area contributed by atoms with Crippen LogP contribution >= 0.6 is 11.6 Å². The fourth-order valence-corrected chi connectivity index (χ4v) is 1.58. The zero-order valence-electron chi connectivity index (χ0n) is 11.6. The van der Waals surface area contributed by atoms with Gasteiger partial charge in [0.2, 0.25) is 0 Å². The molecule has 0 fully saturated rings. The molecule has 0 spiro atoms.